The Kier molecular flexibility index (Phi) is 4.78. The van der Waals surface area contributed by atoms with Gasteiger partial charge in [0.05, 0.1) is 30.0 Å². The summed E-state index contributed by atoms with van der Waals surface area (Å²) in [5.41, 5.74) is 4.42. The molecule has 0 amide bonds. The Hall–Kier alpha value is -3.67. The van der Waals surface area contributed by atoms with Gasteiger partial charge in [0, 0.05) is 35.3 Å². The van der Waals surface area contributed by atoms with Gasteiger partial charge < -0.3 is 4.40 Å². The third-order valence-electron chi connectivity index (χ3n) is 4.83. The second kappa shape index (κ2) is 7.30. The van der Waals surface area contributed by atoms with Gasteiger partial charge in [0.2, 0.25) is 0 Å². The van der Waals surface area contributed by atoms with Crippen LogP contribution in [0.2, 0.25) is 0 Å². The van der Waals surface area contributed by atoms with Gasteiger partial charge in [-0.05, 0) is 31.2 Å². The fraction of sp³-hybridized carbons (Fsp3) is 0.238. The lowest BCUT2D eigenvalue weighted by atomic mass is 10.0. The number of hydrogen-bond donors (Lipinski definition) is 0. The number of nitrogens with zero attached hydrogens (tertiary/aromatic N) is 6. The van der Waals surface area contributed by atoms with E-state index in [9.17, 15) is 18.4 Å². The minimum Gasteiger partial charge on any atom is -0.307 e. The predicted molar refractivity (Wildman–Crippen MR) is 104 cm³/mol. The topological polar surface area (TPSA) is 71.8 Å². The van der Waals surface area contributed by atoms with Crippen molar-refractivity contribution in [3.8, 4) is 28.5 Å². The van der Waals surface area contributed by atoms with Gasteiger partial charge in [-0.3, -0.25) is 4.68 Å². The summed E-state index contributed by atoms with van der Waals surface area (Å²) in [5.74, 6) is -1.52. The van der Waals surface area contributed by atoms with Crippen LogP contribution in [0.1, 0.15) is 18.3 Å². The molecule has 1 unspecified atom stereocenters. The van der Waals surface area contributed by atoms with Gasteiger partial charge in [0.1, 0.15) is 17.4 Å². The van der Waals surface area contributed by atoms with Crippen molar-refractivity contribution in [3.63, 3.8) is 0 Å². The molecule has 0 aliphatic heterocycles. The molecule has 4 aromatic heterocycles. The minimum absolute atomic E-state index is 0.242. The zero-order valence-electron chi connectivity index (χ0n) is 16.2. The monoisotopic (exact) mass is 410 g/mol. The van der Waals surface area contributed by atoms with Crippen LogP contribution in [-0.4, -0.2) is 30.3 Å². The minimum atomic E-state index is -4.29. The van der Waals surface area contributed by atoms with Crippen LogP contribution in [0.25, 0.3) is 28.0 Å². The highest BCUT2D eigenvalue weighted by Gasteiger charge is 2.36. The molecule has 0 aromatic carbocycles. The van der Waals surface area contributed by atoms with Crippen molar-refractivity contribution in [3.05, 3.63) is 60.4 Å². The summed E-state index contributed by atoms with van der Waals surface area (Å²) in [7, 11) is 0. The Morgan fingerprint density at radius 1 is 1.13 bits per heavy atom. The SMILES string of the molecule is Cc1cn2ccc(-c3nc(C#N)ccc3-c3cnn(CC(C)C(F)(F)F)c3)cc2n1. The molecule has 152 valence electrons. The van der Waals surface area contributed by atoms with Gasteiger partial charge >= 0.3 is 6.18 Å². The Bertz CT molecular complexity index is 1260. The van der Waals surface area contributed by atoms with E-state index in [-0.39, 0.29) is 12.2 Å². The quantitative estimate of drug-likeness (QED) is 0.491. The van der Waals surface area contributed by atoms with Gasteiger partial charge in [-0.1, -0.05) is 6.92 Å². The van der Waals surface area contributed by atoms with E-state index in [2.05, 4.69) is 15.1 Å². The number of imidazole rings is 1. The Balaban J connectivity index is 1.77. The second-order valence-electron chi connectivity index (χ2n) is 7.16. The molecule has 0 radical (unpaired) electrons. The molecule has 4 heterocycles. The maximum absolute atomic E-state index is 12.9. The van der Waals surface area contributed by atoms with Gasteiger partial charge in [-0.25, -0.2) is 9.97 Å². The summed E-state index contributed by atoms with van der Waals surface area (Å²) in [5, 5.41) is 13.4. The summed E-state index contributed by atoms with van der Waals surface area (Å²) in [6, 6.07) is 9.05. The normalized spacial score (nSPS) is 12.8. The Morgan fingerprint density at radius 3 is 2.67 bits per heavy atom. The fourth-order valence-electron chi connectivity index (χ4n) is 3.22. The first-order valence-corrected chi connectivity index (χ1v) is 9.21. The first-order valence-electron chi connectivity index (χ1n) is 9.21. The molecule has 0 bridgehead atoms. The van der Waals surface area contributed by atoms with Crippen molar-refractivity contribution in [1.29, 1.82) is 5.26 Å². The number of aryl methyl sites for hydroxylation is 1. The summed E-state index contributed by atoms with van der Waals surface area (Å²) >= 11 is 0. The zero-order chi connectivity index (χ0) is 21.5. The van der Waals surface area contributed by atoms with E-state index in [1.807, 2.05) is 41.9 Å². The fourth-order valence-corrected chi connectivity index (χ4v) is 3.22. The first-order chi connectivity index (χ1) is 14.2. The van der Waals surface area contributed by atoms with Gasteiger partial charge in [0.15, 0.2) is 0 Å². The smallest absolute Gasteiger partial charge is 0.307 e. The molecular formula is C21H17F3N6. The largest absolute Gasteiger partial charge is 0.393 e. The molecule has 0 aliphatic carbocycles. The average Bonchev–Trinajstić information content (AvgIpc) is 3.31. The number of nitriles is 1. The molecule has 30 heavy (non-hydrogen) atoms. The lowest BCUT2D eigenvalue weighted by Crippen LogP contribution is -2.24. The summed E-state index contributed by atoms with van der Waals surface area (Å²) in [4.78, 5) is 8.90. The van der Waals surface area contributed by atoms with Crippen molar-refractivity contribution in [2.24, 2.45) is 5.92 Å². The van der Waals surface area contributed by atoms with Gasteiger partial charge in [-0.15, -0.1) is 0 Å². The molecule has 0 fully saturated rings. The van der Waals surface area contributed by atoms with E-state index in [4.69, 9.17) is 0 Å². The van der Waals surface area contributed by atoms with Crippen LogP contribution in [0.15, 0.2) is 49.1 Å². The molecule has 4 rings (SSSR count). The maximum atomic E-state index is 12.9. The van der Waals surface area contributed by atoms with Crippen molar-refractivity contribution in [1.82, 2.24) is 24.1 Å². The molecule has 4 aromatic rings. The highest BCUT2D eigenvalue weighted by molar-refractivity contribution is 5.81. The zero-order valence-corrected chi connectivity index (χ0v) is 16.2. The second-order valence-corrected chi connectivity index (χ2v) is 7.16. The van der Waals surface area contributed by atoms with Gasteiger partial charge in [0.25, 0.3) is 0 Å². The van der Waals surface area contributed by atoms with Crippen LogP contribution in [0.3, 0.4) is 0 Å². The number of hydrogen-bond acceptors (Lipinski definition) is 4. The first kappa shape index (κ1) is 19.6. The molecule has 0 saturated carbocycles. The number of halogens is 3. The third kappa shape index (κ3) is 3.76. The molecule has 0 aliphatic rings. The number of fused-ring (bicyclic) bond motifs is 1. The maximum Gasteiger partial charge on any atom is 0.393 e. The van der Waals surface area contributed by atoms with Crippen LogP contribution in [-0.2, 0) is 6.54 Å². The summed E-state index contributed by atoms with van der Waals surface area (Å²) < 4.78 is 41.8. The van der Waals surface area contributed by atoms with Crippen molar-refractivity contribution in [2.75, 3.05) is 0 Å². The molecule has 0 N–H and O–H groups in total. The number of rotatable bonds is 4. The van der Waals surface area contributed by atoms with Crippen molar-refractivity contribution in [2.45, 2.75) is 26.6 Å². The number of alkyl halides is 3. The van der Waals surface area contributed by atoms with Crippen molar-refractivity contribution < 1.29 is 13.2 Å². The summed E-state index contributed by atoms with van der Waals surface area (Å²) in [6.07, 6.45) is 2.53. The lowest BCUT2D eigenvalue weighted by molar-refractivity contribution is -0.173. The third-order valence-corrected chi connectivity index (χ3v) is 4.83. The van der Waals surface area contributed by atoms with Crippen molar-refractivity contribution >= 4 is 5.65 Å². The predicted octanol–water partition coefficient (Wildman–Crippen LogP) is 4.64. The van der Waals surface area contributed by atoms with Gasteiger partial charge in [-0.2, -0.15) is 23.5 Å². The number of aromatic nitrogens is 5. The van der Waals surface area contributed by atoms with E-state index in [0.717, 1.165) is 23.8 Å². The number of pyridine rings is 2. The molecule has 6 nitrogen and oxygen atoms in total. The highest BCUT2D eigenvalue weighted by Crippen LogP contribution is 2.32. The van der Waals surface area contributed by atoms with Crippen LogP contribution in [0.4, 0.5) is 13.2 Å². The average molecular weight is 410 g/mol. The molecule has 9 heteroatoms. The van der Waals surface area contributed by atoms with Crippen LogP contribution < -0.4 is 0 Å². The van der Waals surface area contributed by atoms with E-state index in [1.54, 1.807) is 18.3 Å². The van der Waals surface area contributed by atoms with Crippen LogP contribution in [0.5, 0.6) is 0 Å². The molecule has 0 spiro atoms. The highest BCUT2D eigenvalue weighted by atomic mass is 19.4. The van der Waals surface area contributed by atoms with E-state index < -0.39 is 12.1 Å². The molecular weight excluding hydrogens is 393 g/mol. The van der Waals surface area contributed by atoms with E-state index >= 15 is 0 Å². The standard InChI is InChI=1S/C21H17F3N6/c1-13(21(22,23)24)10-30-12-16(9-26-30)18-4-3-17(8-25)28-20(18)15-5-6-29-11-14(2)27-19(29)7-15/h3-7,9,11-13H,10H2,1-2H3. The van der Waals surface area contributed by atoms with Crippen LogP contribution >= 0.6 is 0 Å². The molecule has 1 atom stereocenters. The Labute approximate surface area is 170 Å². The lowest BCUT2D eigenvalue weighted by Gasteiger charge is -2.15. The van der Waals surface area contributed by atoms with Crippen LogP contribution in [0, 0.1) is 24.2 Å². The summed E-state index contributed by atoms with van der Waals surface area (Å²) in [6.45, 7) is 2.74. The van der Waals surface area contributed by atoms with E-state index in [1.165, 1.54) is 10.9 Å². The Morgan fingerprint density at radius 2 is 1.93 bits per heavy atom. The molecule has 0 saturated heterocycles. The van der Waals surface area contributed by atoms with E-state index in [0.29, 0.717) is 16.8 Å².